The van der Waals surface area contributed by atoms with Gasteiger partial charge >= 0.3 is 12.0 Å². The van der Waals surface area contributed by atoms with Gasteiger partial charge in [-0.15, -0.1) is 11.3 Å². The van der Waals surface area contributed by atoms with Crippen molar-refractivity contribution < 1.29 is 19.4 Å². The molecule has 0 radical (unpaired) electrons. The highest BCUT2D eigenvalue weighted by Crippen LogP contribution is 2.22. The van der Waals surface area contributed by atoms with Crippen molar-refractivity contribution in [1.29, 1.82) is 0 Å². The molecular weight excluding hydrogens is 256 g/mol. The van der Waals surface area contributed by atoms with Crippen LogP contribution in [0.3, 0.4) is 0 Å². The van der Waals surface area contributed by atoms with E-state index in [2.05, 4.69) is 10.6 Å². The fourth-order valence-corrected chi connectivity index (χ4v) is 2.48. The first kappa shape index (κ1) is 12.8. The Morgan fingerprint density at radius 2 is 2.39 bits per heavy atom. The molecular formula is C11H14N2O4S. The van der Waals surface area contributed by atoms with Crippen molar-refractivity contribution in [3.05, 3.63) is 17.0 Å². The van der Waals surface area contributed by atoms with Crippen LogP contribution in [0.25, 0.3) is 0 Å². The second kappa shape index (κ2) is 5.83. The van der Waals surface area contributed by atoms with Crippen LogP contribution in [-0.4, -0.2) is 36.9 Å². The Labute approximate surface area is 108 Å². The molecule has 0 saturated carbocycles. The van der Waals surface area contributed by atoms with E-state index in [0.29, 0.717) is 24.1 Å². The van der Waals surface area contributed by atoms with E-state index in [9.17, 15) is 9.59 Å². The zero-order valence-corrected chi connectivity index (χ0v) is 10.5. The minimum absolute atomic E-state index is 0.111. The Balaban J connectivity index is 1.82. The topological polar surface area (TPSA) is 87.7 Å². The SMILES string of the molecule is O=C(NCC1CCOC1)Nc1sccc1C(=O)O. The molecule has 1 atom stereocenters. The molecule has 6 nitrogen and oxygen atoms in total. The molecule has 1 aliphatic heterocycles. The smallest absolute Gasteiger partial charge is 0.338 e. The lowest BCUT2D eigenvalue weighted by Gasteiger charge is -2.10. The number of aromatic carboxylic acids is 1. The lowest BCUT2D eigenvalue weighted by Crippen LogP contribution is -2.33. The molecule has 0 aromatic carbocycles. The summed E-state index contributed by atoms with van der Waals surface area (Å²) >= 11 is 1.19. The van der Waals surface area contributed by atoms with Gasteiger partial charge in [-0.3, -0.25) is 5.32 Å². The summed E-state index contributed by atoms with van der Waals surface area (Å²) in [6, 6.07) is 1.08. The third kappa shape index (κ3) is 3.21. The van der Waals surface area contributed by atoms with Crippen LogP contribution in [-0.2, 0) is 4.74 Å². The van der Waals surface area contributed by atoms with Crippen LogP contribution in [0.15, 0.2) is 11.4 Å². The number of carboxylic acid groups (broad SMARTS) is 1. The van der Waals surface area contributed by atoms with Gasteiger partial charge in [-0.2, -0.15) is 0 Å². The number of carboxylic acids is 1. The van der Waals surface area contributed by atoms with Crippen molar-refractivity contribution in [2.45, 2.75) is 6.42 Å². The van der Waals surface area contributed by atoms with E-state index in [0.717, 1.165) is 13.0 Å². The summed E-state index contributed by atoms with van der Waals surface area (Å²) in [4.78, 5) is 22.4. The Morgan fingerprint density at radius 3 is 3.06 bits per heavy atom. The summed E-state index contributed by atoms with van der Waals surface area (Å²) in [6.45, 7) is 1.95. The van der Waals surface area contributed by atoms with Gasteiger partial charge in [-0.25, -0.2) is 9.59 Å². The molecule has 98 valence electrons. The molecule has 1 aliphatic rings. The number of nitrogens with one attached hydrogen (secondary N) is 2. The second-order valence-corrected chi connectivity index (χ2v) is 4.95. The van der Waals surface area contributed by atoms with E-state index < -0.39 is 5.97 Å². The van der Waals surface area contributed by atoms with Crippen LogP contribution in [0.5, 0.6) is 0 Å². The van der Waals surface area contributed by atoms with Crippen molar-refractivity contribution in [2.75, 3.05) is 25.1 Å². The molecule has 0 bridgehead atoms. The number of carbonyl (C=O) groups excluding carboxylic acids is 1. The maximum Gasteiger partial charge on any atom is 0.338 e. The molecule has 18 heavy (non-hydrogen) atoms. The molecule has 2 amide bonds. The van der Waals surface area contributed by atoms with Crippen LogP contribution >= 0.6 is 11.3 Å². The second-order valence-electron chi connectivity index (χ2n) is 4.03. The standard InChI is InChI=1S/C11H14N2O4S/c14-10(15)8-2-4-18-9(8)13-11(16)12-5-7-1-3-17-6-7/h2,4,7H,1,3,5-6H2,(H,14,15)(H2,12,13,16). The molecule has 1 fully saturated rings. The normalized spacial score (nSPS) is 18.6. The quantitative estimate of drug-likeness (QED) is 0.775. The zero-order chi connectivity index (χ0) is 13.0. The van der Waals surface area contributed by atoms with Gasteiger partial charge in [-0.05, 0) is 17.9 Å². The number of hydrogen-bond acceptors (Lipinski definition) is 4. The number of urea groups is 1. The van der Waals surface area contributed by atoms with Gasteiger partial charge in [0.05, 0.1) is 12.2 Å². The van der Waals surface area contributed by atoms with E-state index in [1.165, 1.54) is 17.4 Å². The lowest BCUT2D eigenvalue weighted by atomic mass is 10.1. The molecule has 1 unspecified atom stereocenters. The summed E-state index contributed by atoms with van der Waals surface area (Å²) in [7, 11) is 0. The summed E-state index contributed by atoms with van der Waals surface area (Å²) in [6.07, 6.45) is 0.944. The average Bonchev–Trinajstić information content (AvgIpc) is 2.96. The number of carbonyl (C=O) groups is 2. The van der Waals surface area contributed by atoms with Crippen molar-refractivity contribution in [1.82, 2.24) is 5.32 Å². The highest BCUT2D eigenvalue weighted by molar-refractivity contribution is 7.14. The Bertz CT molecular complexity index is 440. The summed E-state index contributed by atoms with van der Waals surface area (Å²) in [5.41, 5.74) is 0.111. The molecule has 7 heteroatoms. The average molecular weight is 270 g/mol. The van der Waals surface area contributed by atoms with Crippen LogP contribution < -0.4 is 10.6 Å². The minimum Gasteiger partial charge on any atom is -0.478 e. The Kier molecular flexibility index (Phi) is 4.16. The largest absolute Gasteiger partial charge is 0.478 e. The fourth-order valence-electron chi connectivity index (χ4n) is 1.70. The molecule has 3 N–H and O–H groups in total. The van der Waals surface area contributed by atoms with Gasteiger partial charge in [-0.1, -0.05) is 0 Å². The van der Waals surface area contributed by atoms with Gasteiger partial charge < -0.3 is 15.2 Å². The summed E-state index contributed by atoms with van der Waals surface area (Å²) in [5, 5.41) is 16.1. The molecule has 2 heterocycles. The first-order chi connectivity index (χ1) is 8.66. The molecule has 2 rings (SSSR count). The number of thiophene rings is 1. The van der Waals surface area contributed by atoms with E-state index in [1.807, 2.05) is 0 Å². The van der Waals surface area contributed by atoms with E-state index in [4.69, 9.17) is 9.84 Å². The summed E-state index contributed by atoms with van der Waals surface area (Å²) in [5.74, 6) is -0.700. The molecule has 1 aromatic heterocycles. The predicted octanol–water partition coefficient (Wildman–Crippen LogP) is 1.60. The number of ether oxygens (including phenoxy) is 1. The van der Waals surface area contributed by atoms with Crippen molar-refractivity contribution in [2.24, 2.45) is 5.92 Å². The van der Waals surface area contributed by atoms with E-state index >= 15 is 0 Å². The van der Waals surface area contributed by atoms with Gasteiger partial charge in [0.15, 0.2) is 0 Å². The van der Waals surface area contributed by atoms with Crippen molar-refractivity contribution >= 4 is 28.3 Å². The van der Waals surface area contributed by atoms with E-state index in [-0.39, 0.29) is 11.6 Å². The fraction of sp³-hybridized carbons (Fsp3) is 0.455. The van der Waals surface area contributed by atoms with Gasteiger partial charge in [0.25, 0.3) is 0 Å². The number of amides is 2. The van der Waals surface area contributed by atoms with Crippen LogP contribution in [0.2, 0.25) is 0 Å². The van der Waals surface area contributed by atoms with Crippen LogP contribution in [0.1, 0.15) is 16.8 Å². The maximum absolute atomic E-state index is 11.6. The third-order valence-corrected chi connectivity index (χ3v) is 3.53. The van der Waals surface area contributed by atoms with Crippen molar-refractivity contribution in [3.63, 3.8) is 0 Å². The number of hydrogen-bond donors (Lipinski definition) is 3. The summed E-state index contributed by atoms with van der Waals surface area (Å²) < 4.78 is 5.20. The highest BCUT2D eigenvalue weighted by Gasteiger charge is 2.17. The molecule has 1 aromatic rings. The minimum atomic E-state index is -1.05. The van der Waals surface area contributed by atoms with Crippen molar-refractivity contribution in [3.8, 4) is 0 Å². The first-order valence-electron chi connectivity index (χ1n) is 5.60. The Hall–Kier alpha value is -1.60. The lowest BCUT2D eigenvalue weighted by molar-refractivity contribution is 0.0698. The first-order valence-corrected chi connectivity index (χ1v) is 6.48. The van der Waals surface area contributed by atoms with Gasteiger partial charge in [0.1, 0.15) is 5.00 Å². The molecule has 1 saturated heterocycles. The van der Waals surface area contributed by atoms with Gasteiger partial charge in [0, 0.05) is 19.1 Å². The van der Waals surface area contributed by atoms with E-state index in [1.54, 1.807) is 5.38 Å². The van der Waals surface area contributed by atoms with Crippen LogP contribution in [0, 0.1) is 5.92 Å². The third-order valence-electron chi connectivity index (χ3n) is 2.70. The van der Waals surface area contributed by atoms with Gasteiger partial charge in [0.2, 0.25) is 0 Å². The monoisotopic (exact) mass is 270 g/mol. The van der Waals surface area contributed by atoms with Crippen LogP contribution in [0.4, 0.5) is 9.80 Å². The highest BCUT2D eigenvalue weighted by atomic mass is 32.1. The zero-order valence-electron chi connectivity index (χ0n) is 9.64. The number of anilines is 1. The molecule has 0 spiro atoms. The predicted molar refractivity (Wildman–Crippen MR) is 67.2 cm³/mol. The maximum atomic E-state index is 11.6. The number of rotatable bonds is 4. The molecule has 0 aliphatic carbocycles. The Morgan fingerprint density at radius 1 is 1.56 bits per heavy atom.